The normalized spacial score (nSPS) is 12.6. The molecule has 1 unspecified atom stereocenters. The van der Waals surface area contributed by atoms with Crippen LogP contribution in [0.1, 0.15) is 24.3 Å². The maximum Gasteiger partial charge on any atom is 0.238 e. The topological polar surface area (TPSA) is 55.1 Å². The lowest BCUT2D eigenvalue weighted by atomic mass is 10.4. The molecule has 1 heterocycles. The van der Waals surface area contributed by atoms with Gasteiger partial charge in [0, 0.05) is 0 Å². The Morgan fingerprint density at radius 1 is 1.64 bits per heavy atom. The Hall–Kier alpha value is -1.03. The Morgan fingerprint density at radius 2 is 2.29 bits per heavy atom. The zero-order valence-corrected chi connectivity index (χ0v) is 9.18. The van der Waals surface area contributed by atoms with Crippen molar-refractivity contribution in [1.82, 2.24) is 10.3 Å². The Bertz CT molecular complexity index is 314. The van der Waals surface area contributed by atoms with Crippen molar-refractivity contribution in [1.29, 1.82) is 0 Å². The van der Waals surface area contributed by atoms with Gasteiger partial charge in [-0.1, -0.05) is 0 Å². The van der Waals surface area contributed by atoms with Gasteiger partial charge in [0.1, 0.15) is 11.1 Å². The van der Waals surface area contributed by atoms with Gasteiger partial charge < -0.3 is 9.73 Å². The first kappa shape index (κ1) is 11.0. The van der Waals surface area contributed by atoms with E-state index in [4.69, 9.17) is 16.0 Å². The van der Waals surface area contributed by atoms with Crippen LogP contribution in [0.4, 0.5) is 0 Å². The SMILES string of the molecule is Cc1nc(CNC(=O)C(C)Cl)oc1C. The summed E-state index contributed by atoms with van der Waals surface area (Å²) < 4.78 is 5.28. The largest absolute Gasteiger partial charge is 0.444 e. The highest BCUT2D eigenvalue weighted by atomic mass is 35.5. The van der Waals surface area contributed by atoms with E-state index in [-0.39, 0.29) is 12.5 Å². The van der Waals surface area contributed by atoms with Crippen LogP contribution < -0.4 is 5.32 Å². The quantitative estimate of drug-likeness (QED) is 0.780. The fraction of sp³-hybridized carbons (Fsp3) is 0.556. The molecule has 1 aromatic heterocycles. The van der Waals surface area contributed by atoms with E-state index in [2.05, 4.69) is 10.3 Å². The van der Waals surface area contributed by atoms with E-state index in [1.807, 2.05) is 13.8 Å². The van der Waals surface area contributed by atoms with Gasteiger partial charge in [0.25, 0.3) is 0 Å². The van der Waals surface area contributed by atoms with Gasteiger partial charge >= 0.3 is 0 Å². The molecule has 4 nitrogen and oxygen atoms in total. The number of carbonyl (C=O) groups is 1. The van der Waals surface area contributed by atoms with Crippen molar-refractivity contribution >= 4 is 17.5 Å². The summed E-state index contributed by atoms with van der Waals surface area (Å²) in [5, 5.41) is 2.08. The summed E-state index contributed by atoms with van der Waals surface area (Å²) >= 11 is 5.57. The average molecular weight is 217 g/mol. The second-order valence-electron chi connectivity index (χ2n) is 3.08. The molecule has 1 atom stereocenters. The van der Waals surface area contributed by atoms with E-state index in [0.29, 0.717) is 5.89 Å². The molecule has 0 saturated heterocycles. The van der Waals surface area contributed by atoms with Crippen LogP contribution in [0.25, 0.3) is 0 Å². The number of alkyl halides is 1. The summed E-state index contributed by atoms with van der Waals surface area (Å²) in [6.07, 6.45) is 0. The van der Waals surface area contributed by atoms with Crippen molar-refractivity contribution in [2.75, 3.05) is 0 Å². The van der Waals surface area contributed by atoms with E-state index in [1.165, 1.54) is 0 Å². The van der Waals surface area contributed by atoms with Crippen LogP contribution in [0, 0.1) is 13.8 Å². The standard InChI is InChI=1S/C9H13ClN2O2/c1-5(10)9(13)11-4-8-12-6(2)7(3)14-8/h5H,4H2,1-3H3,(H,11,13). The van der Waals surface area contributed by atoms with Crippen LogP contribution in [0.15, 0.2) is 4.42 Å². The summed E-state index contributed by atoms with van der Waals surface area (Å²) in [7, 11) is 0. The van der Waals surface area contributed by atoms with Gasteiger partial charge in [-0.3, -0.25) is 4.79 Å². The van der Waals surface area contributed by atoms with Crippen LogP contribution in [0.3, 0.4) is 0 Å². The highest BCUT2D eigenvalue weighted by molar-refractivity contribution is 6.30. The van der Waals surface area contributed by atoms with Crippen LogP contribution >= 0.6 is 11.6 Å². The molecule has 1 aromatic rings. The average Bonchev–Trinajstić information content (AvgIpc) is 2.42. The molecule has 1 amide bonds. The van der Waals surface area contributed by atoms with Crippen LogP contribution in [-0.4, -0.2) is 16.3 Å². The number of hydrogen-bond donors (Lipinski definition) is 1. The van der Waals surface area contributed by atoms with E-state index >= 15 is 0 Å². The molecule has 0 aliphatic carbocycles. The third-order valence-corrected chi connectivity index (χ3v) is 2.05. The van der Waals surface area contributed by atoms with E-state index in [0.717, 1.165) is 11.5 Å². The lowest BCUT2D eigenvalue weighted by Crippen LogP contribution is -2.29. The smallest absolute Gasteiger partial charge is 0.238 e. The van der Waals surface area contributed by atoms with Crippen molar-refractivity contribution in [3.05, 3.63) is 17.3 Å². The number of nitrogens with zero attached hydrogens (tertiary/aromatic N) is 1. The highest BCUT2D eigenvalue weighted by Crippen LogP contribution is 2.07. The zero-order valence-electron chi connectivity index (χ0n) is 8.43. The first-order chi connectivity index (χ1) is 6.50. The molecular weight excluding hydrogens is 204 g/mol. The number of rotatable bonds is 3. The van der Waals surface area contributed by atoms with Crippen LogP contribution in [0.5, 0.6) is 0 Å². The Labute approximate surface area is 87.6 Å². The van der Waals surface area contributed by atoms with Gasteiger partial charge in [-0.05, 0) is 20.8 Å². The lowest BCUT2D eigenvalue weighted by molar-refractivity contribution is -0.120. The summed E-state index contributed by atoms with van der Waals surface area (Å²) in [5.74, 6) is 1.05. The molecule has 1 rings (SSSR count). The maximum absolute atomic E-state index is 11.1. The highest BCUT2D eigenvalue weighted by Gasteiger charge is 2.10. The monoisotopic (exact) mass is 216 g/mol. The van der Waals surface area contributed by atoms with Crippen molar-refractivity contribution in [3.63, 3.8) is 0 Å². The summed E-state index contributed by atoms with van der Waals surface area (Å²) in [5.41, 5.74) is 0.841. The molecule has 0 saturated carbocycles. The maximum atomic E-state index is 11.1. The third kappa shape index (κ3) is 2.73. The van der Waals surface area contributed by atoms with Gasteiger partial charge in [-0.2, -0.15) is 0 Å². The number of halogens is 1. The number of oxazole rings is 1. The Kier molecular flexibility index (Phi) is 3.52. The fourth-order valence-electron chi connectivity index (χ4n) is 0.918. The van der Waals surface area contributed by atoms with E-state index in [9.17, 15) is 4.79 Å². The molecule has 78 valence electrons. The van der Waals surface area contributed by atoms with Gasteiger partial charge in [-0.25, -0.2) is 4.98 Å². The molecule has 5 heteroatoms. The molecule has 0 aliphatic rings. The molecule has 0 bridgehead atoms. The Morgan fingerprint density at radius 3 is 2.71 bits per heavy atom. The van der Waals surface area contributed by atoms with Gasteiger partial charge in [0.05, 0.1) is 12.2 Å². The van der Waals surface area contributed by atoms with E-state index in [1.54, 1.807) is 6.92 Å². The fourth-order valence-corrected chi connectivity index (χ4v) is 0.995. The van der Waals surface area contributed by atoms with Crippen molar-refractivity contribution in [3.8, 4) is 0 Å². The molecule has 0 aromatic carbocycles. The number of amides is 1. The van der Waals surface area contributed by atoms with Crippen LogP contribution in [0.2, 0.25) is 0 Å². The molecule has 1 N–H and O–H groups in total. The third-order valence-electron chi connectivity index (χ3n) is 1.85. The molecule has 0 radical (unpaired) electrons. The summed E-state index contributed by atoms with van der Waals surface area (Å²) in [6, 6.07) is 0. The second-order valence-corrected chi connectivity index (χ2v) is 3.74. The molecule has 0 spiro atoms. The number of nitrogens with one attached hydrogen (secondary N) is 1. The number of aromatic nitrogens is 1. The predicted molar refractivity (Wildman–Crippen MR) is 53.1 cm³/mol. The minimum atomic E-state index is -0.535. The lowest BCUT2D eigenvalue weighted by Gasteiger charge is -2.02. The molecule has 14 heavy (non-hydrogen) atoms. The summed E-state index contributed by atoms with van der Waals surface area (Å²) in [4.78, 5) is 15.2. The van der Waals surface area contributed by atoms with Crippen molar-refractivity contribution < 1.29 is 9.21 Å². The van der Waals surface area contributed by atoms with Gasteiger partial charge in [-0.15, -0.1) is 11.6 Å². The predicted octanol–water partition coefficient (Wildman–Crippen LogP) is 1.53. The molecular formula is C9H13ClN2O2. The molecule has 0 fully saturated rings. The number of aryl methyl sites for hydroxylation is 2. The van der Waals surface area contributed by atoms with Crippen molar-refractivity contribution in [2.24, 2.45) is 0 Å². The van der Waals surface area contributed by atoms with Gasteiger partial charge in [0.2, 0.25) is 11.8 Å². The molecule has 0 aliphatic heterocycles. The second kappa shape index (κ2) is 4.46. The minimum absolute atomic E-state index is 0.222. The first-order valence-corrected chi connectivity index (χ1v) is 4.79. The van der Waals surface area contributed by atoms with E-state index < -0.39 is 5.38 Å². The van der Waals surface area contributed by atoms with Crippen LogP contribution in [-0.2, 0) is 11.3 Å². The minimum Gasteiger partial charge on any atom is -0.444 e. The first-order valence-electron chi connectivity index (χ1n) is 4.35. The Balaban J connectivity index is 2.50. The van der Waals surface area contributed by atoms with Gasteiger partial charge in [0.15, 0.2) is 0 Å². The summed E-state index contributed by atoms with van der Waals surface area (Å²) in [6.45, 7) is 5.58. The number of carbonyl (C=O) groups excluding carboxylic acids is 1. The zero-order chi connectivity index (χ0) is 10.7. The van der Waals surface area contributed by atoms with Crippen molar-refractivity contribution in [2.45, 2.75) is 32.7 Å². The number of hydrogen-bond acceptors (Lipinski definition) is 3.